The first-order valence-corrected chi connectivity index (χ1v) is 6.86. The van der Waals surface area contributed by atoms with Gasteiger partial charge in [-0.1, -0.05) is 48.5 Å². The first-order valence-electron chi connectivity index (χ1n) is 6.86. The molecule has 3 rings (SSSR count). The number of para-hydroxylation sites is 1. The number of hydrazine groups is 1. The van der Waals surface area contributed by atoms with E-state index in [4.69, 9.17) is 0 Å². The molecule has 0 radical (unpaired) electrons. The molecule has 0 aromatic heterocycles. The van der Waals surface area contributed by atoms with Crippen LogP contribution in [0.15, 0.2) is 60.7 Å². The summed E-state index contributed by atoms with van der Waals surface area (Å²) in [6.45, 7) is 2.10. The Labute approximate surface area is 119 Å². The van der Waals surface area contributed by atoms with Gasteiger partial charge in [-0.25, -0.2) is 10.4 Å². The van der Waals surface area contributed by atoms with Gasteiger partial charge in [-0.05, 0) is 31.0 Å². The van der Waals surface area contributed by atoms with Crippen molar-refractivity contribution in [1.82, 2.24) is 5.43 Å². The van der Waals surface area contributed by atoms with Gasteiger partial charge in [0.05, 0.1) is 5.69 Å². The Bertz CT molecular complexity index is 597. The number of hydrogen-bond donors (Lipinski definition) is 1. The first kappa shape index (κ1) is 12.9. The van der Waals surface area contributed by atoms with E-state index in [2.05, 4.69) is 24.5 Å². The highest BCUT2D eigenvalue weighted by atomic mass is 16.2. The largest absolute Gasteiger partial charge is 0.273 e. The van der Waals surface area contributed by atoms with E-state index in [9.17, 15) is 4.79 Å². The van der Waals surface area contributed by atoms with Crippen LogP contribution in [0.1, 0.15) is 18.9 Å². The van der Waals surface area contributed by atoms with Gasteiger partial charge in [0.2, 0.25) is 5.91 Å². The van der Waals surface area contributed by atoms with Crippen molar-refractivity contribution in [3.05, 3.63) is 66.2 Å². The fourth-order valence-electron chi connectivity index (χ4n) is 2.72. The van der Waals surface area contributed by atoms with Crippen LogP contribution in [-0.4, -0.2) is 11.4 Å². The molecule has 0 saturated carbocycles. The summed E-state index contributed by atoms with van der Waals surface area (Å²) in [5.41, 5.74) is 5.28. The fourth-order valence-corrected chi connectivity index (χ4v) is 2.72. The second-order valence-corrected chi connectivity index (χ2v) is 5.58. The van der Waals surface area contributed by atoms with Crippen molar-refractivity contribution in [2.45, 2.75) is 25.3 Å². The number of carbonyl (C=O) groups excluding carboxylic acids is 1. The Kier molecular flexibility index (Phi) is 3.28. The van der Waals surface area contributed by atoms with Crippen molar-refractivity contribution in [3.8, 4) is 0 Å². The molecule has 2 aromatic rings. The second-order valence-electron chi connectivity index (χ2n) is 5.58. The van der Waals surface area contributed by atoms with Gasteiger partial charge in [-0.15, -0.1) is 0 Å². The molecular weight excluding hydrogens is 248 g/mol. The zero-order chi connectivity index (χ0) is 14.0. The Hall–Kier alpha value is -2.13. The minimum absolute atomic E-state index is 0.120. The van der Waals surface area contributed by atoms with E-state index in [1.807, 2.05) is 48.5 Å². The second kappa shape index (κ2) is 5.10. The Morgan fingerprint density at radius 1 is 1.05 bits per heavy atom. The van der Waals surface area contributed by atoms with Crippen LogP contribution < -0.4 is 10.4 Å². The van der Waals surface area contributed by atoms with Crippen LogP contribution in [0.4, 0.5) is 5.69 Å². The molecule has 1 amide bonds. The SMILES string of the molecule is CC1(Cc2ccccc2)CC(=O)N(c2ccccc2)N1. The van der Waals surface area contributed by atoms with E-state index in [-0.39, 0.29) is 11.4 Å². The normalized spacial score (nSPS) is 22.2. The van der Waals surface area contributed by atoms with Crippen LogP contribution in [0.3, 0.4) is 0 Å². The van der Waals surface area contributed by atoms with Crippen molar-refractivity contribution < 1.29 is 4.79 Å². The topological polar surface area (TPSA) is 32.3 Å². The molecule has 3 nitrogen and oxygen atoms in total. The smallest absolute Gasteiger partial charge is 0.243 e. The van der Waals surface area contributed by atoms with Gasteiger partial charge < -0.3 is 0 Å². The molecule has 102 valence electrons. The summed E-state index contributed by atoms with van der Waals surface area (Å²) in [6.07, 6.45) is 1.35. The predicted octanol–water partition coefficient (Wildman–Crippen LogP) is 2.93. The molecule has 1 fully saturated rings. The monoisotopic (exact) mass is 266 g/mol. The van der Waals surface area contributed by atoms with Crippen molar-refractivity contribution in [3.63, 3.8) is 0 Å². The lowest BCUT2D eigenvalue weighted by atomic mass is 9.91. The summed E-state index contributed by atoms with van der Waals surface area (Å²) in [6, 6.07) is 20.0. The van der Waals surface area contributed by atoms with Gasteiger partial charge in [-0.2, -0.15) is 0 Å². The van der Waals surface area contributed by atoms with E-state index in [1.54, 1.807) is 5.01 Å². The molecule has 1 atom stereocenters. The van der Waals surface area contributed by atoms with E-state index >= 15 is 0 Å². The third-order valence-corrected chi connectivity index (χ3v) is 3.62. The van der Waals surface area contributed by atoms with Gasteiger partial charge in [0, 0.05) is 12.0 Å². The number of nitrogens with one attached hydrogen (secondary N) is 1. The zero-order valence-electron chi connectivity index (χ0n) is 11.5. The van der Waals surface area contributed by atoms with Gasteiger partial charge in [0.1, 0.15) is 0 Å². The number of hydrogen-bond acceptors (Lipinski definition) is 2. The summed E-state index contributed by atoms with van der Waals surface area (Å²) in [7, 11) is 0. The number of anilines is 1. The van der Waals surface area contributed by atoms with E-state index in [1.165, 1.54) is 5.56 Å². The quantitative estimate of drug-likeness (QED) is 0.926. The van der Waals surface area contributed by atoms with E-state index in [0.29, 0.717) is 6.42 Å². The maximum absolute atomic E-state index is 12.2. The van der Waals surface area contributed by atoms with Crippen LogP contribution in [0.25, 0.3) is 0 Å². The van der Waals surface area contributed by atoms with E-state index in [0.717, 1.165) is 12.1 Å². The van der Waals surface area contributed by atoms with Crippen LogP contribution in [-0.2, 0) is 11.2 Å². The minimum Gasteiger partial charge on any atom is -0.273 e. The molecule has 3 heteroatoms. The number of benzene rings is 2. The van der Waals surface area contributed by atoms with Gasteiger partial charge >= 0.3 is 0 Å². The highest BCUT2D eigenvalue weighted by molar-refractivity contribution is 5.95. The Balaban J connectivity index is 1.79. The van der Waals surface area contributed by atoms with Gasteiger partial charge in [-0.3, -0.25) is 4.79 Å². The molecule has 1 aliphatic rings. The number of amides is 1. The fraction of sp³-hybridized carbons (Fsp3) is 0.235. The predicted molar refractivity (Wildman–Crippen MR) is 80.2 cm³/mol. The first-order chi connectivity index (χ1) is 9.66. The summed E-state index contributed by atoms with van der Waals surface area (Å²) < 4.78 is 0. The van der Waals surface area contributed by atoms with Crippen LogP contribution in [0.5, 0.6) is 0 Å². The molecular formula is C17H18N2O. The maximum Gasteiger partial charge on any atom is 0.243 e. The molecule has 0 spiro atoms. The van der Waals surface area contributed by atoms with Crippen LogP contribution >= 0.6 is 0 Å². The summed E-state index contributed by atoms with van der Waals surface area (Å²) in [5, 5.41) is 1.67. The lowest BCUT2D eigenvalue weighted by molar-refractivity contribution is -0.117. The molecule has 1 N–H and O–H groups in total. The summed E-state index contributed by atoms with van der Waals surface area (Å²) in [4.78, 5) is 12.2. The lowest BCUT2D eigenvalue weighted by Crippen LogP contribution is -2.45. The van der Waals surface area contributed by atoms with Crippen molar-refractivity contribution in [2.24, 2.45) is 0 Å². The number of carbonyl (C=O) groups is 1. The third-order valence-electron chi connectivity index (χ3n) is 3.62. The summed E-state index contributed by atoms with van der Waals surface area (Å²) >= 11 is 0. The number of nitrogens with zero attached hydrogens (tertiary/aromatic N) is 1. The maximum atomic E-state index is 12.2. The molecule has 1 aliphatic heterocycles. The van der Waals surface area contributed by atoms with Crippen molar-refractivity contribution in [1.29, 1.82) is 0 Å². The Morgan fingerprint density at radius 2 is 1.65 bits per heavy atom. The zero-order valence-corrected chi connectivity index (χ0v) is 11.5. The minimum atomic E-state index is -0.228. The molecule has 1 unspecified atom stereocenters. The lowest BCUT2D eigenvalue weighted by Gasteiger charge is -2.26. The van der Waals surface area contributed by atoms with Crippen LogP contribution in [0.2, 0.25) is 0 Å². The Morgan fingerprint density at radius 3 is 2.30 bits per heavy atom. The molecule has 0 aliphatic carbocycles. The molecule has 1 saturated heterocycles. The summed E-state index contributed by atoms with van der Waals surface area (Å²) in [5.74, 6) is 0.120. The van der Waals surface area contributed by atoms with Crippen molar-refractivity contribution in [2.75, 3.05) is 5.01 Å². The van der Waals surface area contributed by atoms with Crippen LogP contribution in [0, 0.1) is 0 Å². The molecule has 20 heavy (non-hydrogen) atoms. The molecule has 1 heterocycles. The third kappa shape index (κ3) is 2.58. The standard InChI is InChI=1S/C17H18N2O/c1-17(12-14-8-4-2-5-9-14)13-16(20)19(18-17)15-10-6-3-7-11-15/h2-11,18H,12-13H2,1H3. The number of rotatable bonds is 3. The molecule has 2 aromatic carbocycles. The highest BCUT2D eigenvalue weighted by Gasteiger charge is 2.39. The average Bonchev–Trinajstić information content (AvgIpc) is 2.76. The molecule has 0 bridgehead atoms. The van der Waals surface area contributed by atoms with E-state index < -0.39 is 0 Å². The van der Waals surface area contributed by atoms with Gasteiger partial charge in [0.25, 0.3) is 0 Å². The average molecular weight is 266 g/mol. The van der Waals surface area contributed by atoms with Crippen molar-refractivity contribution >= 4 is 11.6 Å². The van der Waals surface area contributed by atoms with Gasteiger partial charge in [0.15, 0.2) is 0 Å². The highest BCUT2D eigenvalue weighted by Crippen LogP contribution is 2.27.